The highest BCUT2D eigenvalue weighted by atomic mass is 32.2. The molecule has 1 fully saturated rings. The molecule has 0 aliphatic carbocycles. The lowest BCUT2D eigenvalue weighted by molar-refractivity contribution is -0.127. The molecular weight excluding hydrogens is 298 g/mol. The number of nitrogens with zero attached hydrogens (tertiary/aromatic N) is 1. The Morgan fingerprint density at radius 3 is 2.76 bits per heavy atom. The number of likely N-dealkylation sites (tertiary alicyclic amines) is 1. The third-order valence-corrected chi connectivity index (χ3v) is 3.93. The Labute approximate surface area is 122 Å². The van der Waals surface area contributed by atoms with Gasteiger partial charge in [-0.05, 0) is 25.0 Å². The monoisotopic (exact) mass is 315 g/mol. The molecule has 3 N–H and O–H groups in total. The van der Waals surface area contributed by atoms with Gasteiger partial charge in [0, 0.05) is 26.1 Å². The molecule has 0 saturated carbocycles. The number of amides is 2. The number of nitrogens with two attached hydrogens (primary N) is 1. The highest BCUT2D eigenvalue weighted by Gasteiger charge is 2.20. The summed E-state index contributed by atoms with van der Waals surface area (Å²) in [6, 6.07) is 2.38. The van der Waals surface area contributed by atoms with Crippen molar-refractivity contribution in [1.29, 1.82) is 0 Å². The molecule has 0 atom stereocenters. The van der Waals surface area contributed by atoms with Gasteiger partial charge < -0.3 is 14.6 Å². The van der Waals surface area contributed by atoms with Crippen molar-refractivity contribution in [2.24, 2.45) is 5.14 Å². The molecule has 1 aromatic rings. The van der Waals surface area contributed by atoms with Crippen LogP contribution in [0.4, 0.5) is 0 Å². The SMILES string of the molecule is NS(=O)(=O)c1ccc(C(=O)NCCCN2CCCC2=O)o1. The number of rotatable bonds is 6. The fourth-order valence-corrected chi connectivity index (χ4v) is 2.56. The van der Waals surface area contributed by atoms with Crippen LogP contribution in [0.5, 0.6) is 0 Å². The van der Waals surface area contributed by atoms with E-state index in [2.05, 4.69) is 5.32 Å². The summed E-state index contributed by atoms with van der Waals surface area (Å²) >= 11 is 0. The maximum absolute atomic E-state index is 11.7. The topological polar surface area (TPSA) is 123 Å². The van der Waals surface area contributed by atoms with E-state index in [0.29, 0.717) is 25.9 Å². The average molecular weight is 315 g/mol. The number of hydrogen-bond donors (Lipinski definition) is 2. The van der Waals surface area contributed by atoms with Crippen LogP contribution in [0.25, 0.3) is 0 Å². The molecule has 2 rings (SSSR count). The zero-order valence-electron chi connectivity index (χ0n) is 11.4. The number of nitrogens with one attached hydrogen (secondary N) is 1. The van der Waals surface area contributed by atoms with E-state index in [0.717, 1.165) is 19.0 Å². The van der Waals surface area contributed by atoms with Gasteiger partial charge in [0.05, 0.1) is 0 Å². The van der Waals surface area contributed by atoms with Gasteiger partial charge in [-0.2, -0.15) is 0 Å². The lowest BCUT2D eigenvalue weighted by Crippen LogP contribution is -2.30. The van der Waals surface area contributed by atoms with Gasteiger partial charge in [0.1, 0.15) is 0 Å². The summed E-state index contributed by atoms with van der Waals surface area (Å²) in [6.07, 6.45) is 2.10. The van der Waals surface area contributed by atoms with Gasteiger partial charge in [0.15, 0.2) is 5.76 Å². The predicted molar refractivity (Wildman–Crippen MR) is 72.8 cm³/mol. The molecule has 0 unspecified atom stereocenters. The molecule has 2 heterocycles. The van der Waals surface area contributed by atoms with E-state index in [4.69, 9.17) is 9.56 Å². The average Bonchev–Trinajstić information content (AvgIpc) is 3.03. The van der Waals surface area contributed by atoms with Gasteiger partial charge in [-0.1, -0.05) is 0 Å². The summed E-state index contributed by atoms with van der Waals surface area (Å²) < 4.78 is 26.9. The molecular formula is C12H17N3O5S. The predicted octanol–water partition coefficient (Wildman–Crippen LogP) is -0.331. The summed E-state index contributed by atoms with van der Waals surface area (Å²) in [6.45, 7) is 1.73. The minimum Gasteiger partial charge on any atom is -0.438 e. The number of primary sulfonamides is 1. The number of furan rings is 1. The van der Waals surface area contributed by atoms with Gasteiger partial charge in [-0.15, -0.1) is 0 Å². The van der Waals surface area contributed by atoms with Gasteiger partial charge in [-0.25, -0.2) is 13.6 Å². The second-order valence-corrected chi connectivity index (χ2v) is 6.25. The molecule has 1 saturated heterocycles. The molecule has 1 aromatic heterocycles. The van der Waals surface area contributed by atoms with E-state index >= 15 is 0 Å². The van der Waals surface area contributed by atoms with Crippen molar-refractivity contribution < 1.29 is 22.4 Å². The van der Waals surface area contributed by atoms with E-state index in [1.54, 1.807) is 4.90 Å². The Bertz CT molecular complexity index is 637. The first-order chi connectivity index (χ1) is 9.88. The number of sulfonamides is 1. The van der Waals surface area contributed by atoms with Crippen LogP contribution >= 0.6 is 0 Å². The smallest absolute Gasteiger partial charge is 0.287 e. The Morgan fingerprint density at radius 2 is 2.19 bits per heavy atom. The second kappa shape index (κ2) is 6.27. The first-order valence-electron chi connectivity index (χ1n) is 6.56. The van der Waals surface area contributed by atoms with Crippen LogP contribution in [0.15, 0.2) is 21.6 Å². The van der Waals surface area contributed by atoms with Crippen molar-refractivity contribution in [2.75, 3.05) is 19.6 Å². The number of carbonyl (C=O) groups is 2. The molecule has 21 heavy (non-hydrogen) atoms. The van der Waals surface area contributed by atoms with Crippen molar-refractivity contribution in [3.63, 3.8) is 0 Å². The van der Waals surface area contributed by atoms with Gasteiger partial charge in [0.2, 0.25) is 11.0 Å². The molecule has 0 radical (unpaired) electrons. The molecule has 0 bridgehead atoms. The third kappa shape index (κ3) is 4.05. The number of carbonyl (C=O) groups excluding carboxylic acids is 2. The highest BCUT2D eigenvalue weighted by molar-refractivity contribution is 7.89. The Morgan fingerprint density at radius 1 is 1.43 bits per heavy atom. The lowest BCUT2D eigenvalue weighted by Gasteiger charge is -2.14. The zero-order valence-corrected chi connectivity index (χ0v) is 12.2. The van der Waals surface area contributed by atoms with Crippen molar-refractivity contribution in [3.05, 3.63) is 17.9 Å². The summed E-state index contributed by atoms with van der Waals surface area (Å²) in [4.78, 5) is 24.9. The fourth-order valence-electron chi connectivity index (χ4n) is 2.09. The first kappa shape index (κ1) is 15.5. The molecule has 0 spiro atoms. The zero-order chi connectivity index (χ0) is 15.5. The van der Waals surface area contributed by atoms with Gasteiger partial charge >= 0.3 is 0 Å². The maximum atomic E-state index is 11.7. The van der Waals surface area contributed by atoms with Crippen LogP contribution < -0.4 is 10.5 Å². The quantitative estimate of drug-likeness (QED) is 0.696. The highest BCUT2D eigenvalue weighted by Crippen LogP contribution is 2.12. The Balaban J connectivity index is 1.77. The van der Waals surface area contributed by atoms with Gasteiger partial charge in [0.25, 0.3) is 15.9 Å². The van der Waals surface area contributed by atoms with E-state index in [-0.39, 0.29) is 11.7 Å². The van der Waals surface area contributed by atoms with Crippen LogP contribution in [-0.2, 0) is 14.8 Å². The van der Waals surface area contributed by atoms with E-state index in [1.807, 2.05) is 0 Å². The molecule has 1 aliphatic heterocycles. The molecule has 0 aromatic carbocycles. The first-order valence-corrected chi connectivity index (χ1v) is 8.11. The van der Waals surface area contributed by atoms with Crippen LogP contribution in [-0.4, -0.2) is 44.8 Å². The second-order valence-electron chi connectivity index (χ2n) is 4.76. The summed E-state index contributed by atoms with van der Waals surface area (Å²) in [5.41, 5.74) is 0. The molecule has 1 aliphatic rings. The molecule has 9 heteroatoms. The van der Waals surface area contributed by atoms with Crippen molar-refractivity contribution in [2.45, 2.75) is 24.4 Å². The van der Waals surface area contributed by atoms with Crippen molar-refractivity contribution in [3.8, 4) is 0 Å². The minimum absolute atomic E-state index is 0.115. The number of hydrogen-bond acceptors (Lipinski definition) is 5. The van der Waals surface area contributed by atoms with E-state index in [1.165, 1.54) is 6.07 Å². The normalized spacial score (nSPS) is 15.5. The third-order valence-electron chi connectivity index (χ3n) is 3.15. The fraction of sp³-hybridized carbons (Fsp3) is 0.500. The molecule has 116 valence electrons. The lowest BCUT2D eigenvalue weighted by atomic mass is 10.3. The summed E-state index contributed by atoms with van der Waals surface area (Å²) in [7, 11) is -3.95. The maximum Gasteiger partial charge on any atom is 0.287 e. The minimum atomic E-state index is -3.95. The summed E-state index contributed by atoms with van der Waals surface area (Å²) in [5.74, 6) is -0.487. The standard InChI is InChI=1S/C12H17N3O5S/c13-21(18,19)11-5-4-9(20-11)12(17)14-6-2-8-15-7-1-3-10(15)16/h4-5H,1-3,6-8H2,(H,14,17)(H2,13,18,19). The van der Waals surface area contributed by atoms with Crippen LogP contribution in [0.2, 0.25) is 0 Å². The van der Waals surface area contributed by atoms with E-state index < -0.39 is 21.0 Å². The molecule has 8 nitrogen and oxygen atoms in total. The van der Waals surface area contributed by atoms with Crippen LogP contribution in [0, 0.1) is 0 Å². The van der Waals surface area contributed by atoms with Crippen LogP contribution in [0.3, 0.4) is 0 Å². The molecule has 2 amide bonds. The Hall–Kier alpha value is -1.87. The summed E-state index contributed by atoms with van der Waals surface area (Å²) in [5, 5.41) is 7.03. The van der Waals surface area contributed by atoms with Crippen molar-refractivity contribution >= 4 is 21.8 Å². The van der Waals surface area contributed by atoms with E-state index in [9.17, 15) is 18.0 Å². The Kier molecular flexibility index (Phi) is 4.63. The van der Waals surface area contributed by atoms with Gasteiger partial charge in [-0.3, -0.25) is 9.59 Å². The largest absolute Gasteiger partial charge is 0.438 e. The van der Waals surface area contributed by atoms with Crippen LogP contribution in [0.1, 0.15) is 29.8 Å². The van der Waals surface area contributed by atoms with Crippen molar-refractivity contribution in [1.82, 2.24) is 10.2 Å².